The van der Waals surface area contributed by atoms with Crippen molar-refractivity contribution in [3.05, 3.63) is 75.4 Å². The van der Waals surface area contributed by atoms with Crippen LogP contribution in [0.3, 0.4) is 0 Å². The molecule has 3 nitrogen and oxygen atoms in total. The van der Waals surface area contributed by atoms with Gasteiger partial charge in [0, 0.05) is 34.5 Å². The van der Waals surface area contributed by atoms with Crippen LogP contribution in [0, 0.1) is 5.41 Å². The Morgan fingerprint density at radius 1 is 1.03 bits per heavy atom. The summed E-state index contributed by atoms with van der Waals surface area (Å²) in [6, 6.07) is 16.0. The van der Waals surface area contributed by atoms with Crippen LogP contribution in [0.25, 0.3) is 0 Å². The maximum absolute atomic E-state index is 13.5. The highest BCUT2D eigenvalue weighted by Crippen LogP contribution is 2.49. The molecule has 0 N–H and O–H groups in total. The molecular weight excluding hydrogens is 426 g/mol. The minimum atomic E-state index is -0.193. The number of carbonyl (C=O) groups is 2. The molecule has 150 valence electrons. The van der Waals surface area contributed by atoms with Gasteiger partial charge in [0.2, 0.25) is 5.91 Å². The minimum Gasteiger partial charge on any atom is -0.294 e. The largest absolute Gasteiger partial charge is 0.294 e. The molecule has 4 rings (SSSR count). The van der Waals surface area contributed by atoms with E-state index in [2.05, 4.69) is 42.8 Å². The second kappa shape index (κ2) is 7.56. The molecule has 0 fully saturated rings. The summed E-state index contributed by atoms with van der Waals surface area (Å²) in [6.45, 7) is 6.33. The Balaban J connectivity index is 1.94. The number of anilines is 1. The summed E-state index contributed by atoms with van der Waals surface area (Å²) in [4.78, 5) is 28.7. The van der Waals surface area contributed by atoms with E-state index >= 15 is 0 Å². The summed E-state index contributed by atoms with van der Waals surface area (Å²) >= 11 is 3.63. The van der Waals surface area contributed by atoms with Crippen molar-refractivity contribution in [1.82, 2.24) is 0 Å². The van der Waals surface area contributed by atoms with Crippen LogP contribution in [-0.4, -0.2) is 11.7 Å². The average molecular weight is 452 g/mol. The molecule has 29 heavy (non-hydrogen) atoms. The zero-order valence-corrected chi connectivity index (χ0v) is 18.8. The molecular formula is C25H26BrNO2. The zero-order chi connectivity index (χ0) is 20.8. The van der Waals surface area contributed by atoms with Crippen molar-refractivity contribution < 1.29 is 9.59 Å². The summed E-state index contributed by atoms with van der Waals surface area (Å²) in [7, 11) is 0. The van der Waals surface area contributed by atoms with Gasteiger partial charge in [-0.1, -0.05) is 73.1 Å². The van der Waals surface area contributed by atoms with Crippen molar-refractivity contribution in [3.8, 4) is 0 Å². The van der Waals surface area contributed by atoms with Gasteiger partial charge in [0.1, 0.15) is 0 Å². The lowest BCUT2D eigenvalue weighted by molar-refractivity contribution is -0.121. The zero-order valence-electron chi connectivity index (χ0n) is 17.2. The highest BCUT2D eigenvalue weighted by molar-refractivity contribution is 9.10. The Bertz CT molecular complexity index is 1020. The third-order valence-corrected chi connectivity index (χ3v) is 6.76. The number of nitrogens with zero attached hydrogens (tertiary/aromatic N) is 1. The quantitative estimate of drug-likeness (QED) is 0.558. The van der Waals surface area contributed by atoms with Crippen LogP contribution in [0.1, 0.15) is 57.1 Å². The smallest absolute Gasteiger partial charge is 0.232 e. The standard InChI is InChI=1S/C25H26BrNO2/c1-4-16-9-5-8-12-20(16)27-21-14-25(2,3)15-22(28)24(21)18(13-23(27)29)17-10-6-7-11-19(17)26/h5-12,18H,4,13-15H2,1-3H3. The molecule has 0 aromatic heterocycles. The van der Waals surface area contributed by atoms with Crippen molar-refractivity contribution >= 4 is 33.3 Å². The lowest BCUT2D eigenvalue weighted by Gasteiger charge is -2.43. The van der Waals surface area contributed by atoms with Crippen molar-refractivity contribution in [2.24, 2.45) is 5.41 Å². The van der Waals surface area contributed by atoms with Gasteiger partial charge in [0.15, 0.2) is 5.78 Å². The van der Waals surface area contributed by atoms with Crippen LogP contribution in [0.5, 0.6) is 0 Å². The van der Waals surface area contributed by atoms with E-state index in [0.717, 1.165) is 45.4 Å². The summed E-state index contributed by atoms with van der Waals surface area (Å²) in [5.74, 6) is 0.0427. The first-order valence-corrected chi connectivity index (χ1v) is 11.0. The Morgan fingerprint density at radius 2 is 1.72 bits per heavy atom. The third-order valence-electron chi connectivity index (χ3n) is 6.04. The summed E-state index contributed by atoms with van der Waals surface area (Å²) < 4.78 is 0.949. The molecule has 1 atom stereocenters. The first-order chi connectivity index (χ1) is 13.8. The van der Waals surface area contributed by atoms with Gasteiger partial charge in [-0.25, -0.2) is 0 Å². The van der Waals surface area contributed by atoms with Gasteiger partial charge in [0.05, 0.1) is 5.69 Å². The van der Waals surface area contributed by atoms with E-state index in [1.165, 1.54) is 0 Å². The lowest BCUT2D eigenvalue weighted by atomic mass is 9.69. The van der Waals surface area contributed by atoms with Crippen molar-refractivity contribution in [3.63, 3.8) is 0 Å². The maximum atomic E-state index is 13.5. The van der Waals surface area contributed by atoms with Crippen LogP contribution >= 0.6 is 15.9 Å². The molecule has 0 radical (unpaired) electrons. The monoisotopic (exact) mass is 451 g/mol. The molecule has 1 aliphatic carbocycles. The number of para-hydroxylation sites is 1. The summed E-state index contributed by atoms with van der Waals surface area (Å²) in [5.41, 5.74) is 4.62. The number of halogens is 1. The van der Waals surface area contributed by atoms with Gasteiger partial charge >= 0.3 is 0 Å². The number of allylic oxidation sites excluding steroid dienone is 2. The van der Waals surface area contributed by atoms with E-state index in [1.807, 2.05) is 47.4 Å². The van der Waals surface area contributed by atoms with Crippen LogP contribution in [0.2, 0.25) is 0 Å². The third kappa shape index (κ3) is 3.59. The second-order valence-corrected chi connectivity index (χ2v) is 9.65. The molecule has 1 unspecified atom stereocenters. The Labute approximate surface area is 180 Å². The van der Waals surface area contributed by atoms with Crippen molar-refractivity contribution in [2.45, 2.75) is 52.4 Å². The molecule has 4 heteroatoms. The normalized spacial score (nSPS) is 21.4. The van der Waals surface area contributed by atoms with E-state index in [9.17, 15) is 9.59 Å². The van der Waals surface area contributed by atoms with Crippen LogP contribution in [0.15, 0.2) is 64.3 Å². The fraction of sp³-hybridized carbons (Fsp3) is 0.360. The maximum Gasteiger partial charge on any atom is 0.232 e. The summed E-state index contributed by atoms with van der Waals surface area (Å²) in [6.07, 6.45) is 2.39. The Kier molecular flexibility index (Phi) is 5.24. The number of aryl methyl sites for hydroxylation is 1. The molecule has 2 aromatic carbocycles. The number of rotatable bonds is 3. The topological polar surface area (TPSA) is 37.4 Å². The lowest BCUT2D eigenvalue weighted by Crippen LogP contribution is -2.44. The molecule has 0 spiro atoms. The fourth-order valence-corrected chi connectivity index (χ4v) is 5.31. The predicted octanol–water partition coefficient (Wildman–Crippen LogP) is 6.18. The predicted molar refractivity (Wildman–Crippen MR) is 120 cm³/mol. The Hall–Kier alpha value is -2.20. The molecule has 0 saturated heterocycles. The highest BCUT2D eigenvalue weighted by atomic mass is 79.9. The van der Waals surface area contributed by atoms with Crippen molar-refractivity contribution in [2.75, 3.05) is 4.90 Å². The number of benzene rings is 2. The van der Waals surface area contributed by atoms with Gasteiger partial charge < -0.3 is 0 Å². The molecule has 2 aromatic rings. The molecule has 0 saturated carbocycles. The Morgan fingerprint density at radius 3 is 2.45 bits per heavy atom. The molecule has 2 aliphatic rings. The van der Waals surface area contributed by atoms with Gasteiger partial charge in [-0.05, 0) is 41.5 Å². The van der Waals surface area contributed by atoms with E-state index in [0.29, 0.717) is 12.8 Å². The number of hydrogen-bond donors (Lipinski definition) is 0. The first-order valence-electron chi connectivity index (χ1n) is 10.2. The van der Waals surface area contributed by atoms with Crippen LogP contribution in [-0.2, 0) is 16.0 Å². The number of amides is 1. The molecule has 0 bridgehead atoms. The number of Topliss-reactive ketones (excluding diaryl/α,β-unsaturated/α-hetero) is 1. The van der Waals surface area contributed by atoms with Crippen molar-refractivity contribution in [1.29, 1.82) is 0 Å². The van der Waals surface area contributed by atoms with E-state index < -0.39 is 0 Å². The number of carbonyl (C=O) groups excluding carboxylic acids is 2. The average Bonchev–Trinajstić information content (AvgIpc) is 2.67. The summed E-state index contributed by atoms with van der Waals surface area (Å²) in [5, 5.41) is 0. The van der Waals surface area contributed by atoms with Gasteiger partial charge in [0.25, 0.3) is 0 Å². The van der Waals surface area contributed by atoms with Crippen LogP contribution < -0.4 is 4.90 Å². The minimum absolute atomic E-state index is 0.0657. The van der Waals surface area contributed by atoms with Gasteiger partial charge in [-0.2, -0.15) is 0 Å². The molecule has 1 aliphatic heterocycles. The SMILES string of the molecule is CCc1ccccc1N1C(=O)CC(c2ccccc2Br)C2=C1CC(C)(C)CC2=O. The van der Waals surface area contributed by atoms with Gasteiger partial charge in [-0.15, -0.1) is 0 Å². The number of hydrogen-bond acceptors (Lipinski definition) is 2. The molecule has 1 amide bonds. The number of ketones is 1. The fourth-order valence-electron chi connectivity index (χ4n) is 4.75. The molecule has 1 heterocycles. The van der Waals surface area contributed by atoms with Crippen LogP contribution in [0.4, 0.5) is 5.69 Å². The van der Waals surface area contributed by atoms with E-state index in [-0.39, 0.29) is 23.0 Å². The first kappa shape index (κ1) is 20.1. The van der Waals surface area contributed by atoms with E-state index in [1.54, 1.807) is 0 Å². The second-order valence-electron chi connectivity index (χ2n) is 8.79. The van der Waals surface area contributed by atoms with E-state index in [4.69, 9.17) is 0 Å². The van der Waals surface area contributed by atoms with Gasteiger partial charge in [-0.3, -0.25) is 14.5 Å². The highest BCUT2D eigenvalue weighted by Gasteiger charge is 2.44.